The molecular weight excluding hydrogens is 201 g/mol. The maximum absolute atomic E-state index is 13.0. The van der Waals surface area contributed by atoms with Gasteiger partial charge in [-0.1, -0.05) is 13.3 Å². The van der Waals surface area contributed by atoms with Crippen LogP contribution in [0.4, 0.5) is 9.18 Å². The van der Waals surface area contributed by atoms with Gasteiger partial charge in [0.1, 0.15) is 6.17 Å². The number of nitrogens with zero attached hydrogens (tertiary/aromatic N) is 1. The van der Waals surface area contributed by atoms with Crippen molar-refractivity contribution in [3.05, 3.63) is 0 Å². The highest BCUT2D eigenvalue weighted by Crippen LogP contribution is 2.14. The zero-order valence-electron chi connectivity index (χ0n) is 8.99. The smallest absolute Gasteiger partial charge is 0.409 e. The fraction of sp³-hybridized carbons (Fsp3) is 0.900. The Morgan fingerprint density at radius 3 is 2.93 bits per heavy atom. The summed E-state index contributed by atoms with van der Waals surface area (Å²) in [6.45, 7) is 2.56. The molecule has 1 rings (SSSR count). The molecule has 1 saturated heterocycles. The summed E-state index contributed by atoms with van der Waals surface area (Å²) < 4.78 is 18.0. The molecule has 0 bridgehead atoms. The molecule has 0 unspecified atom stereocenters. The van der Waals surface area contributed by atoms with Crippen molar-refractivity contribution >= 4 is 6.09 Å². The van der Waals surface area contributed by atoms with Crippen LogP contribution in [-0.2, 0) is 4.74 Å². The Labute approximate surface area is 89.0 Å². The number of carbonyl (C=O) groups excluding carboxylic acids is 1. The minimum Gasteiger partial charge on any atom is -0.449 e. The summed E-state index contributed by atoms with van der Waals surface area (Å²) in [5, 5.41) is 9.28. The molecule has 15 heavy (non-hydrogen) atoms. The number of hydrogen-bond donors (Lipinski definition) is 1. The fourth-order valence-corrected chi connectivity index (χ4v) is 1.56. The van der Waals surface area contributed by atoms with E-state index in [9.17, 15) is 14.3 Å². The lowest BCUT2D eigenvalue weighted by atomic mass is 10.1. The number of rotatable bonds is 3. The first-order valence-corrected chi connectivity index (χ1v) is 5.37. The summed E-state index contributed by atoms with van der Waals surface area (Å²) in [6.07, 6.45) is -0.577. The number of aliphatic hydroxyl groups is 1. The van der Waals surface area contributed by atoms with E-state index in [0.717, 1.165) is 12.8 Å². The predicted molar refractivity (Wildman–Crippen MR) is 53.3 cm³/mol. The molecule has 2 atom stereocenters. The Balaban J connectivity index is 2.31. The van der Waals surface area contributed by atoms with Crippen LogP contribution in [0, 0.1) is 0 Å². The molecule has 0 saturated carbocycles. The molecule has 0 aromatic rings. The number of ether oxygens (including phenoxy) is 1. The van der Waals surface area contributed by atoms with Gasteiger partial charge in [0.05, 0.1) is 25.8 Å². The Kier molecular flexibility index (Phi) is 4.81. The number of carbonyl (C=O) groups is 1. The monoisotopic (exact) mass is 219 g/mol. The van der Waals surface area contributed by atoms with E-state index in [2.05, 4.69) is 0 Å². The largest absolute Gasteiger partial charge is 0.449 e. The van der Waals surface area contributed by atoms with Gasteiger partial charge in [0.25, 0.3) is 0 Å². The Bertz CT molecular complexity index is 203. The topological polar surface area (TPSA) is 49.8 Å². The summed E-state index contributed by atoms with van der Waals surface area (Å²) in [5.74, 6) is 0. The summed E-state index contributed by atoms with van der Waals surface area (Å²) >= 11 is 0. The molecular formula is C10H18FNO3. The maximum Gasteiger partial charge on any atom is 0.409 e. The van der Waals surface area contributed by atoms with E-state index in [1.54, 1.807) is 0 Å². The van der Waals surface area contributed by atoms with E-state index in [4.69, 9.17) is 4.74 Å². The third-order valence-electron chi connectivity index (χ3n) is 2.36. The molecule has 1 amide bonds. The SMILES string of the molecule is CCCCOC(=O)N1C[C@H](O)C[C@H](F)C1. The first-order chi connectivity index (χ1) is 7.13. The third-order valence-corrected chi connectivity index (χ3v) is 2.36. The molecule has 0 aliphatic carbocycles. The van der Waals surface area contributed by atoms with E-state index in [-0.39, 0.29) is 19.5 Å². The standard InChI is InChI=1S/C10H18FNO3/c1-2-3-4-15-10(14)12-6-8(11)5-9(13)7-12/h8-9,13H,2-7H2,1H3/t8-,9+/m0/s1. The van der Waals surface area contributed by atoms with Gasteiger partial charge in [0.2, 0.25) is 0 Å². The number of halogens is 1. The lowest BCUT2D eigenvalue weighted by Crippen LogP contribution is -2.47. The van der Waals surface area contributed by atoms with Gasteiger partial charge in [-0.15, -0.1) is 0 Å². The summed E-state index contributed by atoms with van der Waals surface area (Å²) in [4.78, 5) is 12.6. The maximum atomic E-state index is 13.0. The van der Waals surface area contributed by atoms with Gasteiger partial charge in [-0.2, -0.15) is 0 Å². The van der Waals surface area contributed by atoms with Crippen LogP contribution in [0.5, 0.6) is 0 Å². The Morgan fingerprint density at radius 1 is 1.60 bits per heavy atom. The average molecular weight is 219 g/mol. The van der Waals surface area contributed by atoms with E-state index >= 15 is 0 Å². The van der Waals surface area contributed by atoms with Crippen LogP contribution in [0.3, 0.4) is 0 Å². The van der Waals surface area contributed by atoms with Gasteiger partial charge in [-0.25, -0.2) is 9.18 Å². The summed E-state index contributed by atoms with van der Waals surface area (Å²) in [5.41, 5.74) is 0. The molecule has 1 fully saturated rings. The van der Waals surface area contributed by atoms with Crippen LogP contribution >= 0.6 is 0 Å². The van der Waals surface area contributed by atoms with Crippen molar-refractivity contribution in [2.75, 3.05) is 19.7 Å². The van der Waals surface area contributed by atoms with Gasteiger partial charge < -0.3 is 14.7 Å². The van der Waals surface area contributed by atoms with Crippen molar-refractivity contribution in [2.24, 2.45) is 0 Å². The van der Waals surface area contributed by atoms with Crippen molar-refractivity contribution < 1.29 is 19.0 Å². The highest BCUT2D eigenvalue weighted by Gasteiger charge is 2.29. The molecule has 5 heteroatoms. The van der Waals surface area contributed by atoms with Crippen LogP contribution in [-0.4, -0.2) is 48.1 Å². The van der Waals surface area contributed by atoms with E-state index < -0.39 is 18.4 Å². The van der Waals surface area contributed by atoms with Crippen LogP contribution < -0.4 is 0 Å². The second-order valence-corrected chi connectivity index (χ2v) is 3.86. The van der Waals surface area contributed by atoms with E-state index in [1.165, 1.54) is 4.90 Å². The lowest BCUT2D eigenvalue weighted by molar-refractivity contribution is 0.0178. The van der Waals surface area contributed by atoms with Crippen LogP contribution in [0.15, 0.2) is 0 Å². The highest BCUT2D eigenvalue weighted by molar-refractivity contribution is 5.67. The molecule has 88 valence electrons. The number of aliphatic hydroxyl groups excluding tert-OH is 1. The van der Waals surface area contributed by atoms with E-state index in [1.807, 2.05) is 6.92 Å². The van der Waals surface area contributed by atoms with Gasteiger partial charge >= 0.3 is 6.09 Å². The molecule has 4 nitrogen and oxygen atoms in total. The van der Waals surface area contributed by atoms with Crippen molar-refractivity contribution in [3.8, 4) is 0 Å². The second-order valence-electron chi connectivity index (χ2n) is 3.86. The zero-order chi connectivity index (χ0) is 11.3. The summed E-state index contributed by atoms with van der Waals surface area (Å²) in [6, 6.07) is 0. The van der Waals surface area contributed by atoms with Crippen molar-refractivity contribution in [1.29, 1.82) is 0 Å². The normalized spacial score (nSPS) is 26.5. The molecule has 1 aliphatic heterocycles. The zero-order valence-corrected chi connectivity index (χ0v) is 8.99. The fourth-order valence-electron chi connectivity index (χ4n) is 1.56. The minimum atomic E-state index is -1.15. The number of β-amino-alcohol motifs (C(OH)–C–C–N with tert-alkyl or cyclic N) is 1. The van der Waals surface area contributed by atoms with Crippen LogP contribution in [0.1, 0.15) is 26.2 Å². The van der Waals surface area contributed by atoms with Gasteiger partial charge in [-0.3, -0.25) is 0 Å². The number of piperidine rings is 1. The Hall–Kier alpha value is -0.840. The molecule has 1 N–H and O–H groups in total. The number of amides is 1. The van der Waals surface area contributed by atoms with Crippen molar-refractivity contribution in [2.45, 2.75) is 38.5 Å². The van der Waals surface area contributed by atoms with Crippen LogP contribution in [0.2, 0.25) is 0 Å². The first-order valence-electron chi connectivity index (χ1n) is 5.37. The third kappa shape index (κ3) is 4.03. The molecule has 0 aromatic heterocycles. The number of hydrogen-bond acceptors (Lipinski definition) is 3. The van der Waals surface area contributed by atoms with E-state index in [0.29, 0.717) is 6.61 Å². The number of unbranched alkanes of at least 4 members (excludes halogenated alkanes) is 1. The van der Waals surface area contributed by atoms with Gasteiger partial charge in [0, 0.05) is 6.42 Å². The number of alkyl halides is 1. The molecule has 1 heterocycles. The average Bonchev–Trinajstić information content (AvgIpc) is 2.16. The minimum absolute atomic E-state index is 0.0298. The number of likely N-dealkylation sites (tertiary alicyclic amines) is 1. The van der Waals surface area contributed by atoms with Crippen molar-refractivity contribution in [1.82, 2.24) is 4.90 Å². The molecule has 0 aromatic carbocycles. The van der Waals surface area contributed by atoms with Gasteiger partial charge in [0.15, 0.2) is 0 Å². The first kappa shape index (κ1) is 12.2. The Morgan fingerprint density at radius 2 is 2.33 bits per heavy atom. The molecule has 0 spiro atoms. The quantitative estimate of drug-likeness (QED) is 0.728. The molecule has 1 aliphatic rings. The predicted octanol–water partition coefficient (Wildman–Crippen LogP) is 1.33. The summed E-state index contributed by atoms with van der Waals surface area (Å²) in [7, 11) is 0. The molecule has 0 radical (unpaired) electrons. The second kappa shape index (κ2) is 5.90. The van der Waals surface area contributed by atoms with Crippen LogP contribution in [0.25, 0.3) is 0 Å². The highest BCUT2D eigenvalue weighted by atomic mass is 19.1. The lowest BCUT2D eigenvalue weighted by Gasteiger charge is -2.31. The van der Waals surface area contributed by atoms with Crippen molar-refractivity contribution in [3.63, 3.8) is 0 Å². The van der Waals surface area contributed by atoms with Gasteiger partial charge in [-0.05, 0) is 6.42 Å².